The third-order valence-corrected chi connectivity index (χ3v) is 11.3. The molecule has 0 bridgehead atoms. The maximum absolute atomic E-state index is 12.6. The van der Waals surface area contributed by atoms with Crippen LogP contribution in [0.25, 0.3) is 0 Å². The molecule has 216 valence electrons. The number of carbonyl (C=O) groups is 3. The molecule has 38 heavy (non-hydrogen) atoms. The highest BCUT2D eigenvalue weighted by molar-refractivity contribution is 5.81. The molecule has 4 fully saturated rings. The molecule has 11 atom stereocenters. The van der Waals surface area contributed by atoms with Gasteiger partial charge in [0.25, 0.3) is 0 Å². The maximum Gasteiger partial charge on any atom is 0.407 e. The molecule has 4 rings (SSSR count). The quantitative estimate of drug-likeness (QED) is 0.320. The van der Waals surface area contributed by atoms with Crippen molar-refractivity contribution >= 4 is 18.0 Å². The van der Waals surface area contributed by atoms with Crippen molar-refractivity contribution in [3.05, 3.63) is 0 Å². The van der Waals surface area contributed by atoms with Gasteiger partial charge >= 0.3 is 12.1 Å². The lowest BCUT2D eigenvalue weighted by molar-refractivity contribution is -0.206. The minimum Gasteiger partial charge on any atom is -0.480 e. The number of fused-ring (bicyclic) bond motifs is 5. The van der Waals surface area contributed by atoms with Crippen molar-refractivity contribution in [1.29, 1.82) is 0 Å². The number of aliphatic hydroxyl groups is 2. The van der Waals surface area contributed by atoms with E-state index in [0.29, 0.717) is 19.4 Å². The largest absolute Gasteiger partial charge is 0.480 e. The molecule has 4 aliphatic rings. The Morgan fingerprint density at radius 3 is 2.45 bits per heavy atom. The van der Waals surface area contributed by atoms with E-state index in [9.17, 15) is 24.6 Å². The lowest BCUT2D eigenvalue weighted by atomic mass is 9.43. The van der Waals surface area contributed by atoms with Gasteiger partial charge in [-0.25, -0.2) is 4.79 Å². The molecule has 0 aromatic carbocycles. The number of aliphatic hydroxyl groups excluding tert-OH is 2. The van der Waals surface area contributed by atoms with Crippen LogP contribution in [0, 0.1) is 46.3 Å². The predicted octanol–water partition coefficient (Wildman–Crippen LogP) is 3.32. The van der Waals surface area contributed by atoms with Gasteiger partial charge in [0.15, 0.2) is 0 Å². The highest BCUT2D eigenvalue weighted by Gasteiger charge is 2.66. The van der Waals surface area contributed by atoms with E-state index in [2.05, 4.69) is 31.4 Å². The molecule has 5 N–H and O–H groups in total. The summed E-state index contributed by atoms with van der Waals surface area (Å²) in [6, 6.07) is 0. The van der Waals surface area contributed by atoms with Gasteiger partial charge < -0.3 is 30.7 Å². The monoisotopic (exact) mass is 536 g/mol. The molecule has 0 saturated heterocycles. The first-order chi connectivity index (χ1) is 17.9. The summed E-state index contributed by atoms with van der Waals surface area (Å²) in [6.07, 6.45) is 5.19. The van der Waals surface area contributed by atoms with E-state index in [-0.39, 0.29) is 83.5 Å². The number of hydrogen-bond donors (Lipinski definition) is 5. The SMILES string of the molecule is CCNC(=O)O[C@@H]1C[C@@H]2C[C@H](O)CC[C@]2(C)[C@H]2C[C@H](O)[C@]3(C)[C@@H]([C@H](C)CCC(=O)NCC(=O)O)CC[C@H]3[C@H]12. The Morgan fingerprint density at radius 2 is 1.76 bits per heavy atom. The number of aliphatic carboxylic acids is 1. The van der Waals surface area contributed by atoms with Crippen molar-refractivity contribution in [1.82, 2.24) is 10.6 Å². The van der Waals surface area contributed by atoms with Gasteiger partial charge in [-0.3, -0.25) is 9.59 Å². The minimum atomic E-state index is -1.06. The van der Waals surface area contributed by atoms with Crippen molar-refractivity contribution < 1.29 is 34.4 Å². The fraction of sp³-hybridized carbons (Fsp3) is 0.897. The van der Waals surface area contributed by atoms with E-state index < -0.39 is 12.1 Å². The van der Waals surface area contributed by atoms with Crippen molar-refractivity contribution in [3.63, 3.8) is 0 Å². The van der Waals surface area contributed by atoms with Crippen molar-refractivity contribution in [2.24, 2.45) is 46.3 Å². The maximum atomic E-state index is 12.6. The summed E-state index contributed by atoms with van der Waals surface area (Å²) in [7, 11) is 0. The van der Waals surface area contributed by atoms with Crippen LogP contribution in [-0.4, -0.2) is 64.7 Å². The van der Waals surface area contributed by atoms with Crippen LogP contribution in [0.2, 0.25) is 0 Å². The third kappa shape index (κ3) is 5.29. The molecule has 4 saturated carbocycles. The number of hydrogen-bond acceptors (Lipinski definition) is 6. The lowest BCUT2D eigenvalue weighted by Crippen LogP contribution is -2.63. The van der Waals surface area contributed by atoms with Gasteiger partial charge in [0, 0.05) is 18.9 Å². The van der Waals surface area contributed by atoms with E-state index in [1.807, 2.05) is 6.92 Å². The Labute approximate surface area is 226 Å². The zero-order chi connectivity index (χ0) is 27.8. The second-order valence-electron chi connectivity index (χ2n) is 13.1. The number of amides is 2. The summed E-state index contributed by atoms with van der Waals surface area (Å²) < 4.78 is 6.13. The van der Waals surface area contributed by atoms with Crippen LogP contribution in [0.15, 0.2) is 0 Å². The Morgan fingerprint density at radius 1 is 1.03 bits per heavy atom. The molecule has 0 radical (unpaired) electrons. The molecule has 0 aromatic heterocycles. The van der Waals surface area contributed by atoms with Crippen molar-refractivity contribution in [3.8, 4) is 0 Å². The van der Waals surface area contributed by atoms with E-state index >= 15 is 0 Å². The molecule has 0 heterocycles. The number of carboxylic acid groups (broad SMARTS) is 1. The van der Waals surface area contributed by atoms with Crippen LogP contribution in [-0.2, 0) is 14.3 Å². The Bertz CT molecular complexity index is 898. The number of nitrogens with one attached hydrogen (secondary N) is 2. The van der Waals surface area contributed by atoms with Crippen molar-refractivity contribution in [2.45, 2.75) is 104 Å². The number of ether oxygens (including phenoxy) is 1. The Kier molecular flexibility index (Phi) is 8.67. The second-order valence-corrected chi connectivity index (χ2v) is 13.1. The molecule has 0 spiro atoms. The van der Waals surface area contributed by atoms with Crippen LogP contribution in [0.3, 0.4) is 0 Å². The summed E-state index contributed by atoms with van der Waals surface area (Å²) in [4.78, 5) is 35.6. The zero-order valence-electron chi connectivity index (χ0n) is 23.4. The van der Waals surface area contributed by atoms with E-state index in [1.54, 1.807) is 0 Å². The van der Waals surface area contributed by atoms with Crippen LogP contribution < -0.4 is 10.6 Å². The van der Waals surface area contributed by atoms with Crippen LogP contribution in [0.1, 0.15) is 85.5 Å². The fourth-order valence-electron chi connectivity index (χ4n) is 9.38. The first-order valence-electron chi connectivity index (χ1n) is 14.7. The first kappa shape index (κ1) is 29.1. The van der Waals surface area contributed by atoms with Gasteiger partial charge in [0.2, 0.25) is 5.91 Å². The van der Waals surface area contributed by atoms with Crippen LogP contribution in [0.4, 0.5) is 4.79 Å². The molecule has 2 amide bonds. The number of carboxylic acids is 1. The topological polar surface area (TPSA) is 145 Å². The molecule has 0 unspecified atom stereocenters. The number of alkyl carbamates (subject to hydrolysis) is 1. The highest BCUT2D eigenvalue weighted by Crippen LogP contribution is 2.68. The Balaban J connectivity index is 1.56. The first-order valence-corrected chi connectivity index (χ1v) is 14.7. The molecule has 9 nitrogen and oxygen atoms in total. The summed E-state index contributed by atoms with van der Waals surface area (Å²) >= 11 is 0. The number of rotatable bonds is 8. The molecule has 9 heteroatoms. The third-order valence-electron chi connectivity index (χ3n) is 11.3. The smallest absolute Gasteiger partial charge is 0.407 e. The van der Waals surface area contributed by atoms with Gasteiger partial charge in [0.05, 0.1) is 12.2 Å². The highest BCUT2D eigenvalue weighted by atomic mass is 16.6. The summed E-state index contributed by atoms with van der Waals surface area (Å²) in [5, 5.41) is 36.3. The molecule has 0 aliphatic heterocycles. The summed E-state index contributed by atoms with van der Waals surface area (Å²) in [6.45, 7) is 8.69. The van der Waals surface area contributed by atoms with Gasteiger partial charge in [0.1, 0.15) is 12.6 Å². The fourth-order valence-corrected chi connectivity index (χ4v) is 9.38. The standard InChI is InChI=1S/C29H48N2O7/c1-5-30-27(37)38-22-13-17-12-18(32)10-11-28(17,3)21-14-23(33)29(4)19(7-8-20(29)26(21)22)16(2)6-9-24(34)31-15-25(35)36/h16-23,26,32-33H,5-15H2,1-4H3,(H,30,37)(H,31,34)(H,35,36)/t16-,17+,18-,19-,20+,21+,22-,23+,26+,28+,29-/m1/s1. The van der Waals surface area contributed by atoms with Gasteiger partial charge in [-0.05, 0) is 98.7 Å². The van der Waals surface area contributed by atoms with E-state index in [0.717, 1.165) is 38.5 Å². The van der Waals surface area contributed by atoms with Crippen LogP contribution in [0.5, 0.6) is 0 Å². The van der Waals surface area contributed by atoms with E-state index in [1.165, 1.54) is 0 Å². The average Bonchev–Trinajstić information content (AvgIpc) is 3.21. The van der Waals surface area contributed by atoms with Gasteiger partial charge in [-0.15, -0.1) is 0 Å². The van der Waals surface area contributed by atoms with Gasteiger partial charge in [-0.2, -0.15) is 0 Å². The normalized spacial score (nSPS) is 42.7. The minimum absolute atomic E-state index is 0.000763. The summed E-state index contributed by atoms with van der Waals surface area (Å²) in [5.74, 6) is -0.0823. The molecular weight excluding hydrogens is 488 g/mol. The second kappa shape index (κ2) is 11.3. The van der Waals surface area contributed by atoms with Gasteiger partial charge in [-0.1, -0.05) is 20.8 Å². The average molecular weight is 537 g/mol. The Hall–Kier alpha value is -1.87. The molecule has 4 aliphatic carbocycles. The van der Waals surface area contributed by atoms with Crippen LogP contribution >= 0.6 is 0 Å². The summed E-state index contributed by atoms with van der Waals surface area (Å²) in [5.41, 5.74) is -0.350. The molecule has 0 aromatic rings. The van der Waals surface area contributed by atoms with E-state index in [4.69, 9.17) is 9.84 Å². The predicted molar refractivity (Wildman–Crippen MR) is 141 cm³/mol. The van der Waals surface area contributed by atoms with Crippen molar-refractivity contribution in [2.75, 3.05) is 13.1 Å². The molecular formula is C29H48N2O7. The lowest BCUT2D eigenvalue weighted by Gasteiger charge is -2.63. The number of carbonyl (C=O) groups excluding carboxylic acids is 2. The zero-order valence-corrected chi connectivity index (χ0v) is 23.4.